The number of thioether (sulfide) groups is 1. The van der Waals surface area contributed by atoms with Crippen LogP contribution in [0.25, 0.3) is 0 Å². The molecule has 10 heteroatoms. The fraction of sp³-hybridized carbons (Fsp3) is 0.606. The van der Waals surface area contributed by atoms with Crippen LogP contribution in [0.2, 0.25) is 0 Å². The molecule has 3 rings (SSSR count). The molecule has 1 aliphatic heterocycles. The number of carbonyl (C=O) groups excluding carboxylic acids is 1. The van der Waals surface area contributed by atoms with Gasteiger partial charge in [0.15, 0.2) is 6.10 Å². The topological polar surface area (TPSA) is 154 Å². The van der Waals surface area contributed by atoms with Gasteiger partial charge in [-0.05, 0) is 54.3 Å². The van der Waals surface area contributed by atoms with Gasteiger partial charge in [0, 0.05) is 47.5 Å². The molecule has 0 fully saturated rings. The van der Waals surface area contributed by atoms with Gasteiger partial charge >= 0.3 is 0 Å². The van der Waals surface area contributed by atoms with Crippen molar-refractivity contribution in [2.24, 2.45) is 5.41 Å². The monoisotopic (exact) mass is 620 g/mol. The van der Waals surface area contributed by atoms with E-state index in [1.165, 1.54) is 6.42 Å². The Hall–Kier alpha value is -2.18. The Morgan fingerprint density at radius 3 is 2.30 bits per heavy atom. The molecule has 43 heavy (non-hydrogen) atoms. The fourth-order valence-electron chi connectivity index (χ4n) is 5.32. The van der Waals surface area contributed by atoms with Gasteiger partial charge in [-0.3, -0.25) is 4.79 Å². The maximum atomic E-state index is 12.7. The molecule has 242 valence electrons. The largest absolute Gasteiger partial charge is 0.394 e. The number of aliphatic hydroxyl groups is 6. The SMILES string of the molecule is CCC.CCCC[C@@]1(CC)CSc2ccc(N(C)C)cc2C(c2cccc(NC(=O)[C@H](O)[C@@H](O)[C@H](O)C(O)CO)c2)C1O. The van der Waals surface area contributed by atoms with E-state index in [1.807, 2.05) is 25.1 Å². The third-order valence-electron chi connectivity index (χ3n) is 8.07. The van der Waals surface area contributed by atoms with Crippen LogP contribution in [0.15, 0.2) is 47.4 Å². The number of unbranched alkanes of at least 4 members (excludes halogenated alkanes) is 1. The summed E-state index contributed by atoms with van der Waals surface area (Å²) in [7, 11) is 3.95. The van der Waals surface area contributed by atoms with E-state index in [0.29, 0.717) is 5.69 Å². The molecule has 0 aromatic heterocycles. The summed E-state index contributed by atoms with van der Waals surface area (Å²) in [6.45, 7) is 7.69. The molecular weight excluding hydrogens is 568 g/mol. The summed E-state index contributed by atoms with van der Waals surface area (Å²) in [5.74, 6) is -0.569. The van der Waals surface area contributed by atoms with Crippen LogP contribution in [-0.2, 0) is 4.79 Å². The van der Waals surface area contributed by atoms with Crippen molar-refractivity contribution >= 4 is 29.0 Å². The number of hydrogen-bond acceptors (Lipinski definition) is 9. The van der Waals surface area contributed by atoms with Crippen molar-refractivity contribution in [3.8, 4) is 0 Å². The highest BCUT2D eigenvalue weighted by Crippen LogP contribution is 2.51. The Bertz CT molecular complexity index is 1150. The van der Waals surface area contributed by atoms with Crippen LogP contribution in [-0.4, -0.2) is 93.5 Å². The van der Waals surface area contributed by atoms with Gasteiger partial charge in [-0.2, -0.15) is 0 Å². The van der Waals surface area contributed by atoms with Gasteiger partial charge in [0.1, 0.15) is 18.3 Å². The summed E-state index contributed by atoms with van der Waals surface area (Å²) in [6.07, 6.45) is -3.39. The van der Waals surface area contributed by atoms with Gasteiger partial charge in [-0.25, -0.2) is 0 Å². The number of anilines is 2. The first-order valence-electron chi connectivity index (χ1n) is 15.3. The van der Waals surface area contributed by atoms with E-state index in [-0.39, 0.29) is 11.3 Å². The molecule has 0 radical (unpaired) electrons. The number of amides is 1. The molecule has 2 aromatic rings. The van der Waals surface area contributed by atoms with Gasteiger partial charge < -0.3 is 40.9 Å². The first-order chi connectivity index (χ1) is 20.4. The summed E-state index contributed by atoms with van der Waals surface area (Å²) >= 11 is 1.77. The lowest BCUT2D eigenvalue weighted by molar-refractivity contribution is -0.144. The van der Waals surface area contributed by atoms with Crippen LogP contribution in [0.3, 0.4) is 0 Å². The molecule has 0 aliphatic carbocycles. The normalized spacial score (nSPS) is 22.6. The van der Waals surface area contributed by atoms with E-state index < -0.39 is 43.0 Å². The first kappa shape index (κ1) is 37.0. The van der Waals surface area contributed by atoms with Crippen molar-refractivity contribution in [3.05, 3.63) is 53.6 Å². The minimum absolute atomic E-state index is 0.314. The molecule has 0 bridgehead atoms. The minimum atomic E-state index is -2.05. The van der Waals surface area contributed by atoms with E-state index in [1.54, 1.807) is 30.0 Å². The molecule has 3 unspecified atom stereocenters. The molecule has 0 saturated heterocycles. The zero-order chi connectivity index (χ0) is 32.3. The predicted molar refractivity (Wildman–Crippen MR) is 174 cm³/mol. The van der Waals surface area contributed by atoms with Gasteiger partial charge in [0.25, 0.3) is 5.91 Å². The molecular formula is C33H52N2O7S. The molecule has 1 aliphatic rings. The highest BCUT2D eigenvalue weighted by Gasteiger charge is 2.44. The van der Waals surface area contributed by atoms with Crippen molar-refractivity contribution in [1.82, 2.24) is 0 Å². The van der Waals surface area contributed by atoms with E-state index in [9.17, 15) is 30.3 Å². The smallest absolute Gasteiger partial charge is 0.256 e. The quantitative estimate of drug-likeness (QED) is 0.188. The lowest BCUT2D eigenvalue weighted by Crippen LogP contribution is -2.50. The van der Waals surface area contributed by atoms with Crippen LogP contribution in [0.5, 0.6) is 0 Å². The second kappa shape index (κ2) is 17.3. The third-order valence-corrected chi connectivity index (χ3v) is 9.47. The molecule has 7 atom stereocenters. The molecule has 7 N–H and O–H groups in total. The van der Waals surface area contributed by atoms with E-state index in [0.717, 1.165) is 53.1 Å². The van der Waals surface area contributed by atoms with Gasteiger partial charge in [0.2, 0.25) is 0 Å². The minimum Gasteiger partial charge on any atom is -0.394 e. The average molecular weight is 621 g/mol. The van der Waals surface area contributed by atoms with Crippen LogP contribution in [0.1, 0.15) is 76.8 Å². The Kier molecular flexibility index (Phi) is 14.9. The highest BCUT2D eigenvalue weighted by atomic mass is 32.2. The molecule has 1 amide bonds. The summed E-state index contributed by atoms with van der Waals surface area (Å²) < 4.78 is 0. The van der Waals surface area contributed by atoms with Gasteiger partial charge in [0.05, 0.1) is 12.7 Å². The van der Waals surface area contributed by atoms with E-state index in [4.69, 9.17) is 5.11 Å². The zero-order valence-corrected chi connectivity index (χ0v) is 27.2. The second-order valence-electron chi connectivity index (χ2n) is 11.6. The number of rotatable bonds is 12. The van der Waals surface area contributed by atoms with Crippen molar-refractivity contribution < 1.29 is 35.4 Å². The molecule has 2 aromatic carbocycles. The number of nitrogens with zero attached hydrogens (tertiary/aromatic N) is 1. The number of carbonyl (C=O) groups is 1. The number of hydrogen-bond donors (Lipinski definition) is 7. The number of nitrogens with one attached hydrogen (secondary N) is 1. The molecule has 1 heterocycles. The lowest BCUT2D eigenvalue weighted by atomic mass is 9.69. The number of benzene rings is 2. The third kappa shape index (κ3) is 9.17. The average Bonchev–Trinajstić information content (AvgIpc) is 3.12. The zero-order valence-electron chi connectivity index (χ0n) is 26.4. The second-order valence-corrected chi connectivity index (χ2v) is 12.7. The molecule has 0 spiro atoms. The van der Waals surface area contributed by atoms with Crippen molar-refractivity contribution in [2.75, 3.05) is 36.7 Å². The lowest BCUT2D eigenvalue weighted by Gasteiger charge is -2.40. The summed E-state index contributed by atoms with van der Waals surface area (Å²) in [5.41, 5.74) is 2.85. The van der Waals surface area contributed by atoms with Crippen LogP contribution in [0.4, 0.5) is 11.4 Å². The van der Waals surface area contributed by atoms with Crippen molar-refractivity contribution in [1.29, 1.82) is 0 Å². The van der Waals surface area contributed by atoms with Crippen molar-refractivity contribution in [3.63, 3.8) is 0 Å². The Morgan fingerprint density at radius 1 is 1.05 bits per heavy atom. The Balaban J connectivity index is 0.00000206. The summed E-state index contributed by atoms with van der Waals surface area (Å²) in [4.78, 5) is 15.9. The Labute approximate surface area is 261 Å². The van der Waals surface area contributed by atoms with Crippen LogP contribution < -0.4 is 10.2 Å². The standard InChI is InChI=1S/C30H44N2O7S.C3H8/c1-5-7-13-30(6-2)17-40-23-12-11-20(32(3)4)15-21(23)24(28(30)38)18-9-8-10-19(14-18)31-29(39)27(37)26(36)25(35)22(34)16-33;1-3-2/h8-12,14-15,22,24-28,33-38H,5-7,13,16-17H2,1-4H3,(H,31,39);3H2,1-2H3/t22?,24?,25-,26+,27-,28?,30+;/m1./s1. The Morgan fingerprint density at radius 2 is 1.72 bits per heavy atom. The highest BCUT2D eigenvalue weighted by molar-refractivity contribution is 7.99. The van der Waals surface area contributed by atoms with E-state index in [2.05, 4.69) is 51.2 Å². The molecule has 9 nitrogen and oxygen atoms in total. The van der Waals surface area contributed by atoms with Crippen LogP contribution >= 0.6 is 11.8 Å². The van der Waals surface area contributed by atoms with Crippen LogP contribution in [0, 0.1) is 5.41 Å². The van der Waals surface area contributed by atoms with E-state index >= 15 is 0 Å². The summed E-state index contributed by atoms with van der Waals surface area (Å²) in [5, 5.41) is 63.6. The fourth-order valence-corrected chi connectivity index (χ4v) is 6.80. The maximum absolute atomic E-state index is 12.7. The number of fused-ring (bicyclic) bond motifs is 1. The number of aliphatic hydroxyl groups excluding tert-OH is 6. The maximum Gasteiger partial charge on any atom is 0.256 e. The predicted octanol–water partition coefficient (Wildman–Crippen LogP) is 3.73. The van der Waals surface area contributed by atoms with Crippen molar-refractivity contribution in [2.45, 2.75) is 101 Å². The summed E-state index contributed by atoms with van der Waals surface area (Å²) in [6, 6.07) is 13.4. The molecule has 0 saturated carbocycles. The van der Waals surface area contributed by atoms with Gasteiger partial charge in [-0.1, -0.05) is 59.1 Å². The van der Waals surface area contributed by atoms with Gasteiger partial charge in [-0.15, -0.1) is 11.8 Å². The first-order valence-corrected chi connectivity index (χ1v) is 16.3.